The highest BCUT2D eigenvalue weighted by atomic mass is 32.2. The van der Waals surface area contributed by atoms with Crippen LogP contribution in [0, 0.1) is 17.1 Å². The lowest BCUT2D eigenvalue weighted by atomic mass is 10.2. The maximum Gasteiger partial charge on any atom is 0.234 e. The molecule has 0 unspecified atom stereocenters. The van der Waals surface area contributed by atoms with Crippen LogP contribution in [0.1, 0.15) is 11.4 Å². The van der Waals surface area contributed by atoms with Crippen molar-refractivity contribution in [1.29, 1.82) is 5.26 Å². The van der Waals surface area contributed by atoms with Gasteiger partial charge in [0.05, 0.1) is 35.9 Å². The molecule has 0 fully saturated rings. The number of carbonyl (C=O) groups is 1. The van der Waals surface area contributed by atoms with Gasteiger partial charge < -0.3 is 9.88 Å². The summed E-state index contributed by atoms with van der Waals surface area (Å²) in [6.07, 6.45) is 1.05. The van der Waals surface area contributed by atoms with Crippen molar-refractivity contribution in [2.24, 2.45) is 7.05 Å². The Morgan fingerprint density at radius 2 is 1.84 bits per heavy atom. The number of sulfonamides is 1. The number of benzene rings is 2. The van der Waals surface area contributed by atoms with Crippen molar-refractivity contribution in [2.75, 3.05) is 21.6 Å². The fraction of sp³-hybridized carbons (Fsp3) is 0.200. The summed E-state index contributed by atoms with van der Waals surface area (Å²) in [4.78, 5) is 12.2. The molecule has 1 amide bonds. The van der Waals surface area contributed by atoms with Gasteiger partial charge in [-0.25, -0.2) is 12.8 Å². The smallest absolute Gasteiger partial charge is 0.234 e. The van der Waals surface area contributed by atoms with Crippen molar-refractivity contribution in [2.45, 2.75) is 11.7 Å². The Hall–Kier alpha value is -3.43. The molecule has 0 saturated carbocycles. The number of nitrogens with zero attached hydrogens (tertiary/aromatic N) is 5. The number of anilines is 2. The Bertz CT molecular complexity index is 1250. The minimum Gasteiger partial charge on any atom is -0.325 e. The third-order valence-corrected chi connectivity index (χ3v) is 6.52. The van der Waals surface area contributed by atoms with E-state index in [0.717, 1.165) is 22.3 Å². The lowest BCUT2D eigenvalue weighted by molar-refractivity contribution is -0.113. The highest BCUT2D eigenvalue weighted by Gasteiger charge is 2.22. The molecule has 12 heteroatoms. The molecule has 0 aliphatic carbocycles. The minimum absolute atomic E-state index is 0.0553. The molecule has 0 atom stereocenters. The fourth-order valence-corrected chi connectivity index (χ4v) is 4.28. The Kier molecular flexibility index (Phi) is 7.12. The van der Waals surface area contributed by atoms with E-state index in [1.165, 1.54) is 24.3 Å². The van der Waals surface area contributed by atoms with E-state index in [1.54, 1.807) is 35.9 Å². The van der Waals surface area contributed by atoms with Gasteiger partial charge in [-0.05, 0) is 48.5 Å². The molecule has 3 rings (SSSR count). The van der Waals surface area contributed by atoms with E-state index in [1.807, 2.05) is 6.07 Å². The maximum absolute atomic E-state index is 13.2. The van der Waals surface area contributed by atoms with Gasteiger partial charge in [0.1, 0.15) is 5.82 Å². The summed E-state index contributed by atoms with van der Waals surface area (Å²) in [7, 11) is -2.00. The summed E-state index contributed by atoms with van der Waals surface area (Å²) in [6.45, 7) is -0.105. The number of nitriles is 1. The Balaban J connectivity index is 1.66. The first kappa shape index (κ1) is 23.2. The van der Waals surface area contributed by atoms with Gasteiger partial charge in [0.25, 0.3) is 0 Å². The van der Waals surface area contributed by atoms with Crippen LogP contribution >= 0.6 is 11.8 Å². The zero-order valence-corrected chi connectivity index (χ0v) is 18.8. The van der Waals surface area contributed by atoms with Gasteiger partial charge in [0.15, 0.2) is 11.0 Å². The van der Waals surface area contributed by atoms with Crippen LogP contribution in [-0.4, -0.2) is 41.1 Å². The number of aromatic nitrogens is 3. The minimum atomic E-state index is -3.66. The average molecular weight is 475 g/mol. The SMILES string of the molecule is Cn1c(CN(c2ccc(F)cc2)S(C)(=O)=O)nnc1SCC(=O)Nc1ccc(C#N)cc1. The molecular formula is C20H19FN6O3S2. The number of thioether (sulfide) groups is 1. The fourth-order valence-electron chi connectivity index (χ4n) is 2.70. The summed E-state index contributed by atoms with van der Waals surface area (Å²) in [6, 6.07) is 13.6. The molecule has 3 aromatic rings. The normalized spacial score (nSPS) is 11.1. The number of nitrogens with one attached hydrogen (secondary N) is 1. The molecule has 32 heavy (non-hydrogen) atoms. The van der Waals surface area contributed by atoms with Crippen LogP contribution in [-0.2, 0) is 28.4 Å². The van der Waals surface area contributed by atoms with Crippen LogP contribution in [0.2, 0.25) is 0 Å². The van der Waals surface area contributed by atoms with Crippen LogP contribution < -0.4 is 9.62 Å². The van der Waals surface area contributed by atoms with Crippen LogP contribution in [0.15, 0.2) is 53.7 Å². The van der Waals surface area contributed by atoms with E-state index < -0.39 is 15.8 Å². The molecule has 1 N–H and O–H groups in total. The van der Waals surface area contributed by atoms with Crippen LogP contribution in [0.5, 0.6) is 0 Å². The summed E-state index contributed by atoms with van der Waals surface area (Å²) in [5.41, 5.74) is 1.36. The average Bonchev–Trinajstić information content (AvgIpc) is 3.10. The van der Waals surface area contributed by atoms with E-state index in [0.29, 0.717) is 27.9 Å². The number of halogens is 1. The second-order valence-electron chi connectivity index (χ2n) is 6.73. The van der Waals surface area contributed by atoms with Crippen molar-refractivity contribution in [1.82, 2.24) is 14.8 Å². The van der Waals surface area contributed by atoms with Crippen molar-refractivity contribution in [3.8, 4) is 6.07 Å². The van der Waals surface area contributed by atoms with Gasteiger partial charge in [-0.1, -0.05) is 11.8 Å². The number of carbonyl (C=O) groups excluding carboxylic acids is 1. The van der Waals surface area contributed by atoms with E-state index in [4.69, 9.17) is 5.26 Å². The van der Waals surface area contributed by atoms with E-state index in [-0.39, 0.29) is 18.2 Å². The Labute approximate surface area is 188 Å². The van der Waals surface area contributed by atoms with Crippen molar-refractivity contribution in [3.63, 3.8) is 0 Å². The zero-order chi connectivity index (χ0) is 23.3. The molecule has 0 aliphatic heterocycles. The molecule has 0 aliphatic rings. The summed E-state index contributed by atoms with van der Waals surface area (Å²) >= 11 is 1.14. The first-order valence-corrected chi connectivity index (χ1v) is 12.0. The predicted octanol–water partition coefficient (Wildman–Crippen LogP) is 2.52. The van der Waals surface area contributed by atoms with Gasteiger partial charge in [0.2, 0.25) is 15.9 Å². The lowest BCUT2D eigenvalue weighted by Crippen LogP contribution is -2.30. The first-order chi connectivity index (χ1) is 15.2. The third-order valence-electron chi connectivity index (χ3n) is 4.36. The van der Waals surface area contributed by atoms with Crippen LogP contribution in [0.3, 0.4) is 0 Å². The van der Waals surface area contributed by atoms with Gasteiger partial charge in [-0.2, -0.15) is 5.26 Å². The number of hydrogen-bond donors (Lipinski definition) is 1. The molecule has 9 nitrogen and oxygen atoms in total. The predicted molar refractivity (Wildman–Crippen MR) is 119 cm³/mol. The molecule has 166 valence electrons. The van der Waals surface area contributed by atoms with Gasteiger partial charge in [0, 0.05) is 12.7 Å². The Morgan fingerprint density at radius 1 is 1.19 bits per heavy atom. The lowest BCUT2D eigenvalue weighted by Gasteiger charge is -2.21. The van der Waals surface area contributed by atoms with Crippen molar-refractivity contribution < 1.29 is 17.6 Å². The van der Waals surface area contributed by atoms with Gasteiger partial charge in [-0.3, -0.25) is 9.10 Å². The molecule has 0 radical (unpaired) electrons. The Morgan fingerprint density at radius 3 is 2.44 bits per heavy atom. The monoisotopic (exact) mass is 474 g/mol. The molecule has 1 heterocycles. The van der Waals surface area contributed by atoms with Crippen LogP contribution in [0.25, 0.3) is 0 Å². The second kappa shape index (κ2) is 9.80. The summed E-state index contributed by atoms with van der Waals surface area (Å²) in [5, 5.41) is 20.1. The van der Waals surface area contributed by atoms with Gasteiger partial charge >= 0.3 is 0 Å². The maximum atomic E-state index is 13.2. The summed E-state index contributed by atoms with van der Waals surface area (Å²) in [5.74, 6) is -0.332. The van der Waals surface area contributed by atoms with E-state index in [2.05, 4.69) is 15.5 Å². The first-order valence-electron chi connectivity index (χ1n) is 9.21. The largest absolute Gasteiger partial charge is 0.325 e. The van der Waals surface area contributed by atoms with E-state index >= 15 is 0 Å². The molecule has 1 aromatic heterocycles. The third kappa shape index (κ3) is 5.83. The zero-order valence-electron chi connectivity index (χ0n) is 17.2. The highest BCUT2D eigenvalue weighted by molar-refractivity contribution is 7.99. The van der Waals surface area contributed by atoms with Crippen molar-refractivity contribution in [3.05, 3.63) is 65.7 Å². The van der Waals surface area contributed by atoms with E-state index in [9.17, 15) is 17.6 Å². The van der Waals surface area contributed by atoms with Crippen LogP contribution in [0.4, 0.5) is 15.8 Å². The number of amides is 1. The highest BCUT2D eigenvalue weighted by Crippen LogP contribution is 2.22. The second-order valence-corrected chi connectivity index (χ2v) is 9.58. The van der Waals surface area contributed by atoms with Crippen molar-refractivity contribution >= 4 is 39.1 Å². The standard InChI is InChI=1S/C20H19FN6O3S2/c1-26-18(12-27(32(2,29)30)17-9-5-15(21)6-10-17)24-25-20(26)31-13-19(28)23-16-7-3-14(11-22)4-8-16/h3-10H,12-13H2,1-2H3,(H,23,28). The molecule has 0 spiro atoms. The number of hydrogen-bond acceptors (Lipinski definition) is 7. The summed E-state index contributed by atoms with van der Waals surface area (Å²) < 4.78 is 40.5. The molecular weight excluding hydrogens is 455 g/mol. The van der Waals surface area contributed by atoms with Gasteiger partial charge in [-0.15, -0.1) is 10.2 Å². The molecule has 0 bridgehead atoms. The number of rotatable bonds is 8. The quantitative estimate of drug-likeness (QED) is 0.498. The topological polar surface area (TPSA) is 121 Å². The molecule has 0 saturated heterocycles. The molecule has 2 aromatic carbocycles.